The van der Waals surface area contributed by atoms with Gasteiger partial charge in [0.2, 0.25) is 10.0 Å². The van der Waals surface area contributed by atoms with Crippen LogP contribution in [0.3, 0.4) is 0 Å². The fourth-order valence-electron chi connectivity index (χ4n) is 2.41. The molecular weight excluding hydrogens is 376 g/mol. The first kappa shape index (κ1) is 18.9. The molecule has 1 aromatic rings. The summed E-state index contributed by atoms with van der Waals surface area (Å²) in [5.41, 5.74) is 0.911. The van der Waals surface area contributed by atoms with Gasteiger partial charge in [-0.15, -0.1) is 12.4 Å². The van der Waals surface area contributed by atoms with E-state index >= 15 is 0 Å². The van der Waals surface area contributed by atoms with Crippen LogP contribution in [0, 0.1) is 12.3 Å². The zero-order valence-electron chi connectivity index (χ0n) is 12.3. The smallest absolute Gasteiger partial charge is 0.240 e. The van der Waals surface area contributed by atoms with E-state index in [1.807, 2.05) is 6.92 Å². The summed E-state index contributed by atoms with van der Waals surface area (Å²) < 4.78 is 28.3. The molecule has 1 heterocycles. The zero-order valence-corrected chi connectivity index (χ0v) is 15.5. The number of piperidine rings is 1. The van der Waals surface area contributed by atoms with E-state index in [1.165, 1.54) is 0 Å². The number of sulfonamides is 1. The third-order valence-electron chi connectivity index (χ3n) is 3.81. The molecule has 1 atom stereocenters. The van der Waals surface area contributed by atoms with Crippen LogP contribution >= 0.6 is 28.3 Å². The minimum Gasteiger partial charge on any atom is -0.316 e. The maximum atomic E-state index is 12.3. The van der Waals surface area contributed by atoms with Crippen LogP contribution in [-0.4, -0.2) is 28.1 Å². The van der Waals surface area contributed by atoms with Gasteiger partial charge in [-0.2, -0.15) is 0 Å². The number of aryl methyl sites for hydroxylation is 1. The predicted molar refractivity (Wildman–Crippen MR) is 91.5 cm³/mol. The SMILES string of the molecule is Cc1cc(S(=O)(=O)NCC2(C)CCCNC2)ccc1Br.Cl. The van der Waals surface area contributed by atoms with Gasteiger partial charge in [0.25, 0.3) is 0 Å². The Labute approximate surface area is 141 Å². The summed E-state index contributed by atoms with van der Waals surface area (Å²) in [6.07, 6.45) is 2.14. The molecule has 0 spiro atoms. The molecular formula is C14H22BrClN2O2S. The third-order valence-corrected chi connectivity index (χ3v) is 6.10. The molecule has 1 fully saturated rings. The first-order valence-electron chi connectivity index (χ1n) is 6.79. The van der Waals surface area contributed by atoms with Crippen LogP contribution in [0.4, 0.5) is 0 Å². The Balaban J connectivity index is 0.00000220. The summed E-state index contributed by atoms with van der Waals surface area (Å²) in [6, 6.07) is 5.09. The molecule has 0 amide bonds. The van der Waals surface area contributed by atoms with E-state index in [2.05, 4.69) is 32.9 Å². The molecule has 1 unspecified atom stereocenters. The lowest BCUT2D eigenvalue weighted by Gasteiger charge is -2.34. The van der Waals surface area contributed by atoms with Crippen molar-refractivity contribution in [1.82, 2.24) is 10.0 Å². The first-order valence-corrected chi connectivity index (χ1v) is 9.07. The molecule has 7 heteroatoms. The summed E-state index contributed by atoms with van der Waals surface area (Å²) in [4.78, 5) is 0.325. The van der Waals surface area contributed by atoms with Crippen molar-refractivity contribution < 1.29 is 8.42 Å². The van der Waals surface area contributed by atoms with Crippen LogP contribution in [0.1, 0.15) is 25.3 Å². The lowest BCUT2D eigenvalue weighted by atomic mass is 9.83. The normalized spacial score (nSPS) is 22.6. The number of hydrogen-bond donors (Lipinski definition) is 2. The lowest BCUT2D eigenvalue weighted by Crippen LogP contribution is -2.45. The average molecular weight is 398 g/mol. The Morgan fingerprint density at radius 2 is 2.14 bits per heavy atom. The maximum absolute atomic E-state index is 12.3. The van der Waals surface area contributed by atoms with Gasteiger partial charge in [0.05, 0.1) is 4.90 Å². The highest BCUT2D eigenvalue weighted by molar-refractivity contribution is 9.10. The molecule has 0 saturated carbocycles. The van der Waals surface area contributed by atoms with E-state index in [4.69, 9.17) is 0 Å². The standard InChI is InChI=1S/C14H21BrN2O2S.ClH/c1-11-8-12(4-5-13(11)15)20(18,19)17-10-14(2)6-3-7-16-9-14;/h4-5,8,16-17H,3,6-7,9-10H2,1-2H3;1H. The predicted octanol–water partition coefficient (Wildman–Crippen LogP) is 2.85. The maximum Gasteiger partial charge on any atom is 0.240 e. The highest BCUT2D eigenvalue weighted by atomic mass is 79.9. The second-order valence-corrected chi connectivity index (χ2v) is 8.45. The molecule has 4 nitrogen and oxygen atoms in total. The van der Waals surface area contributed by atoms with Crippen molar-refractivity contribution in [3.63, 3.8) is 0 Å². The summed E-state index contributed by atoms with van der Waals surface area (Å²) >= 11 is 3.38. The Morgan fingerprint density at radius 3 is 2.71 bits per heavy atom. The number of rotatable bonds is 4. The zero-order chi connectivity index (χ0) is 14.8. The quantitative estimate of drug-likeness (QED) is 0.821. The van der Waals surface area contributed by atoms with Crippen LogP contribution < -0.4 is 10.0 Å². The Morgan fingerprint density at radius 1 is 1.43 bits per heavy atom. The number of hydrogen-bond acceptors (Lipinski definition) is 3. The van der Waals surface area contributed by atoms with E-state index in [0.717, 1.165) is 36.0 Å². The summed E-state index contributed by atoms with van der Waals surface area (Å²) in [7, 11) is -3.44. The number of nitrogens with one attached hydrogen (secondary N) is 2. The molecule has 0 radical (unpaired) electrons. The fourth-order valence-corrected chi connectivity index (χ4v) is 3.94. The van der Waals surface area contributed by atoms with E-state index in [9.17, 15) is 8.42 Å². The van der Waals surface area contributed by atoms with Gasteiger partial charge in [0.1, 0.15) is 0 Å². The van der Waals surface area contributed by atoms with Crippen molar-refractivity contribution in [2.45, 2.75) is 31.6 Å². The molecule has 2 rings (SSSR count). The molecule has 1 aliphatic heterocycles. The topological polar surface area (TPSA) is 58.2 Å². The highest BCUT2D eigenvalue weighted by Gasteiger charge is 2.28. The number of benzene rings is 1. The minimum atomic E-state index is -3.44. The van der Waals surface area contributed by atoms with Crippen LogP contribution in [0.2, 0.25) is 0 Å². The molecule has 21 heavy (non-hydrogen) atoms. The molecule has 1 aliphatic rings. The highest BCUT2D eigenvalue weighted by Crippen LogP contribution is 2.25. The van der Waals surface area contributed by atoms with Crippen LogP contribution in [0.5, 0.6) is 0 Å². The van der Waals surface area contributed by atoms with Crippen molar-refractivity contribution in [2.24, 2.45) is 5.41 Å². The minimum absolute atomic E-state index is 0. The summed E-state index contributed by atoms with van der Waals surface area (Å²) in [5.74, 6) is 0. The van der Waals surface area contributed by atoms with Gasteiger partial charge < -0.3 is 5.32 Å². The summed E-state index contributed by atoms with van der Waals surface area (Å²) in [6.45, 7) is 6.35. The summed E-state index contributed by atoms with van der Waals surface area (Å²) in [5, 5.41) is 3.33. The van der Waals surface area contributed by atoms with Gasteiger partial charge in [0, 0.05) is 17.6 Å². The molecule has 120 valence electrons. The van der Waals surface area contributed by atoms with Crippen molar-refractivity contribution in [3.8, 4) is 0 Å². The molecule has 0 bridgehead atoms. The van der Waals surface area contributed by atoms with Gasteiger partial charge in [-0.05, 0) is 55.5 Å². The Bertz CT molecular complexity index is 587. The molecule has 2 N–H and O–H groups in total. The Kier molecular flexibility index (Phi) is 6.68. The number of halogens is 2. The van der Waals surface area contributed by atoms with Gasteiger partial charge in [-0.3, -0.25) is 0 Å². The monoisotopic (exact) mass is 396 g/mol. The molecule has 1 aromatic carbocycles. The van der Waals surface area contributed by atoms with Gasteiger partial charge >= 0.3 is 0 Å². The third kappa shape index (κ3) is 4.93. The second kappa shape index (κ2) is 7.42. The van der Waals surface area contributed by atoms with Gasteiger partial charge in [-0.25, -0.2) is 13.1 Å². The average Bonchev–Trinajstić information content (AvgIpc) is 2.41. The first-order chi connectivity index (χ1) is 9.32. The van der Waals surface area contributed by atoms with Crippen molar-refractivity contribution in [3.05, 3.63) is 28.2 Å². The van der Waals surface area contributed by atoms with E-state index < -0.39 is 10.0 Å². The molecule has 0 aromatic heterocycles. The van der Waals surface area contributed by atoms with Crippen molar-refractivity contribution in [2.75, 3.05) is 19.6 Å². The van der Waals surface area contributed by atoms with Gasteiger partial charge in [0.15, 0.2) is 0 Å². The largest absolute Gasteiger partial charge is 0.316 e. The fraction of sp³-hybridized carbons (Fsp3) is 0.571. The van der Waals surface area contributed by atoms with E-state index in [-0.39, 0.29) is 17.8 Å². The Hall–Kier alpha value is -0.140. The molecule has 1 saturated heterocycles. The van der Waals surface area contributed by atoms with Crippen molar-refractivity contribution in [1.29, 1.82) is 0 Å². The van der Waals surface area contributed by atoms with Crippen LogP contribution in [-0.2, 0) is 10.0 Å². The second-order valence-electron chi connectivity index (χ2n) is 5.83. The van der Waals surface area contributed by atoms with E-state index in [0.29, 0.717) is 11.4 Å². The van der Waals surface area contributed by atoms with Crippen LogP contribution in [0.25, 0.3) is 0 Å². The van der Waals surface area contributed by atoms with Crippen molar-refractivity contribution >= 4 is 38.4 Å². The van der Waals surface area contributed by atoms with E-state index in [1.54, 1.807) is 18.2 Å². The van der Waals surface area contributed by atoms with Crippen LogP contribution in [0.15, 0.2) is 27.6 Å². The van der Waals surface area contributed by atoms with Gasteiger partial charge in [-0.1, -0.05) is 22.9 Å². The lowest BCUT2D eigenvalue weighted by molar-refractivity contribution is 0.238. The molecule has 0 aliphatic carbocycles.